The van der Waals surface area contributed by atoms with Crippen LogP contribution in [-0.2, 0) is 4.79 Å². The van der Waals surface area contributed by atoms with Gasteiger partial charge in [-0.05, 0) is 11.9 Å². The van der Waals surface area contributed by atoms with Crippen molar-refractivity contribution < 1.29 is 4.79 Å². The highest BCUT2D eigenvalue weighted by Gasteiger charge is 2.11. The van der Waals surface area contributed by atoms with Crippen LogP contribution in [0.5, 0.6) is 0 Å². The molecule has 0 aromatic heterocycles. The molecule has 1 rings (SSSR count). The van der Waals surface area contributed by atoms with Crippen LogP contribution in [-0.4, -0.2) is 10.4 Å². The largest absolute Gasteiger partial charge is 0.285 e. The summed E-state index contributed by atoms with van der Waals surface area (Å²) < 4.78 is 1.48. The molecule has 0 spiro atoms. The highest BCUT2D eigenvalue weighted by atomic mass is 32.2. The first-order chi connectivity index (χ1) is 4.68. The molecule has 0 unspecified atom stereocenters. The van der Waals surface area contributed by atoms with E-state index in [0.29, 0.717) is 0 Å². The maximum absolute atomic E-state index is 10.5. The summed E-state index contributed by atoms with van der Waals surface area (Å²) in [7, 11) is 0. The van der Waals surface area contributed by atoms with E-state index in [1.165, 1.54) is 23.4 Å². The molecule has 0 saturated carbocycles. The van der Waals surface area contributed by atoms with Crippen LogP contribution in [0.2, 0.25) is 0 Å². The maximum atomic E-state index is 10.5. The van der Waals surface area contributed by atoms with Gasteiger partial charge in [0.25, 0.3) is 0 Å². The fraction of sp³-hybridized carbons (Fsp3) is 0.250. The van der Waals surface area contributed by atoms with Gasteiger partial charge in [0, 0.05) is 12.3 Å². The summed E-state index contributed by atoms with van der Waals surface area (Å²) in [5, 5.41) is 2.50. The minimum atomic E-state index is -0.114. The standard InChI is InChI=1S/C4H7N3OS2/c1-3(8)5-7-6-4(9)2-10-7/h2,6,9H,1H3,(H,5,8). The number of thiol groups is 1. The molecular formula is C4H7N3OS2. The van der Waals surface area contributed by atoms with Crippen molar-refractivity contribution in [3.05, 3.63) is 10.4 Å². The number of hydrogen-bond donors (Lipinski definition) is 3. The second kappa shape index (κ2) is 3.18. The number of nitrogens with zero attached hydrogens (tertiary/aromatic N) is 1. The van der Waals surface area contributed by atoms with Gasteiger partial charge in [-0.2, -0.15) is 0 Å². The summed E-state index contributed by atoms with van der Waals surface area (Å²) in [5.41, 5.74) is 5.29. The van der Waals surface area contributed by atoms with Gasteiger partial charge in [-0.3, -0.25) is 15.6 Å². The third kappa shape index (κ3) is 2.13. The number of amides is 1. The molecule has 4 nitrogen and oxygen atoms in total. The van der Waals surface area contributed by atoms with Gasteiger partial charge in [-0.15, -0.1) is 12.6 Å². The van der Waals surface area contributed by atoms with Crippen LogP contribution in [0.25, 0.3) is 0 Å². The van der Waals surface area contributed by atoms with Crippen LogP contribution in [0.15, 0.2) is 10.4 Å². The number of rotatable bonds is 1. The fourth-order valence-electron chi connectivity index (χ4n) is 0.457. The lowest BCUT2D eigenvalue weighted by atomic mass is 10.8. The molecule has 10 heavy (non-hydrogen) atoms. The van der Waals surface area contributed by atoms with Crippen molar-refractivity contribution in [2.45, 2.75) is 6.92 Å². The Balaban J connectivity index is 2.29. The van der Waals surface area contributed by atoms with Crippen molar-refractivity contribution in [3.8, 4) is 0 Å². The average Bonchev–Trinajstić information content (AvgIpc) is 2.13. The van der Waals surface area contributed by atoms with Crippen LogP contribution in [0.1, 0.15) is 6.92 Å². The van der Waals surface area contributed by atoms with Gasteiger partial charge >= 0.3 is 0 Å². The number of carbonyl (C=O) groups is 1. The zero-order valence-electron chi connectivity index (χ0n) is 5.29. The van der Waals surface area contributed by atoms with Crippen molar-refractivity contribution in [2.75, 3.05) is 0 Å². The van der Waals surface area contributed by atoms with E-state index >= 15 is 0 Å². The van der Waals surface area contributed by atoms with Gasteiger partial charge in [0.05, 0.1) is 5.03 Å². The normalized spacial score (nSPS) is 18.0. The quantitative estimate of drug-likeness (QED) is 0.396. The first-order valence-electron chi connectivity index (χ1n) is 2.58. The molecule has 56 valence electrons. The van der Waals surface area contributed by atoms with Gasteiger partial charge in [-0.1, -0.05) is 4.52 Å². The molecule has 1 aliphatic rings. The first-order valence-corrected chi connectivity index (χ1v) is 3.87. The van der Waals surface area contributed by atoms with Crippen LogP contribution in [0, 0.1) is 0 Å². The summed E-state index contributed by atoms with van der Waals surface area (Å²) in [5.74, 6) is -0.114. The second-order valence-electron chi connectivity index (χ2n) is 1.68. The van der Waals surface area contributed by atoms with Crippen LogP contribution >= 0.6 is 24.6 Å². The monoisotopic (exact) mass is 177 g/mol. The number of hydrazine groups is 2. The fourth-order valence-corrected chi connectivity index (χ4v) is 1.36. The molecular weight excluding hydrogens is 170 g/mol. The topological polar surface area (TPSA) is 44.4 Å². The number of hydrogen-bond acceptors (Lipinski definition) is 5. The summed E-state index contributed by atoms with van der Waals surface area (Å²) in [6.45, 7) is 1.44. The minimum Gasteiger partial charge on any atom is -0.285 e. The Morgan fingerprint density at radius 2 is 2.70 bits per heavy atom. The number of nitrogens with one attached hydrogen (secondary N) is 2. The highest BCUT2D eigenvalue weighted by Crippen LogP contribution is 2.18. The van der Waals surface area contributed by atoms with Gasteiger partial charge in [-0.25, -0.2) is 0 Å². The molecule has 0 fully saturated rings. The number of carbonyl (C=O) groups excluding carboxylic acids is 1. The summed E-state index contributed by atoms with van der Waals surface area (Å²) >= 11 is 5.34. The minimum absolute atomic E-state index is 0.114. The lowest BCUT2D eigenvalue weighted by Gasteiger charge is -2.13. The smallest absolute Gasteiger partial charge is 0.233 e. The third-order valence-corrected chi connectivity index (χ3v) is 1.88. The van der Waals surface area contributed by atoms with Crippen molar-refractivity contribution >= 4 is 30.5 Å². The molecule has 0 bridgehead atoms. The van der Waals surface area contributed by atoms with Crippen LogP contribution < -0.4 is 10.9 Å². The van der Waals surface area contributed by atoms with E-state index in [2.05, 4.69) is 23.5 Å². The molecule has 0 aromatic carbocycles. The molecule has 1 amide bonds. The highest BCUT2D eigenvalue weighted by molar-refractivity contribution is 8.01. The lowest BCUT2D eigenvalue weighted by Crippen LogP contribution is -2.41. The molecule has 1 aliphatic heterocycles. The van der Waals surface area contributed by atoms with Gasteiger partial charge in [0.15, 0.2) is 0 Å². The molecule has 0 atom stereocenters. The van der Waals surface area contributed by atoms with Gasteiger partial charge < -0.3 is 0 Å². The van der Waals surface area contributed by atoms with E-state index in [1.54, 1.807) is 5.41 Å². The van der Waals surface area contributed by atoms with E-state index in [9.17, 15) is 4.79 Å². The Kier molecular flexibility index (Phi) is 2.47. The maximum Gasteiger partial charge on any atom is 0.233 e. The molecule has 6 heteroatoms. The molecule has 0 aliphatic carbocycles. The van der Waals surface area contributed by atoms with E-state index in [0.717, 1.165) is 5.03 Å². The predicted octanol–water partition coefficient (Wildman–Crippen LogP) is 0.235. The molecule has 0 saturated heterocycles. The Hall–Kier alpha value is -0.330. The van der Waals surface area contributed by atoms with Gasteiger partial charge in [0.2, 0.25) is 5.91 Å². The summed E-state index contributed by atoms with van der Waals surface area (Å²) in [6.07, 6.45) is 0. The Bertz CT molecular complexity index is 181. The van der Waals surface area contributed by atoms with Crippen LogP contribution in [0.4, 0.5) is 0 Å². The van der Waals surface area contributed by atoms with Crippen molar-refractivity contribution in [1.82, 2.24) is 15.4 Å². The zero-order chi connectivity index (χ0) is 7.56. The van der Waals surface area contributed by atoms with Crippen molar-refractivity contribution in [1.29, 1.82) is 0 Å². The van der Waals surface area contributed by atoms with E-state index in [1.807, 2.05) is 0 Å². The van der Waals surface area contributed by atoms with E-state index < -0.39 is 0 Å². The average molecular weight is 177 g/mol. The Morgan fingerprint density at radius 1 is 2.00 bits per heavy atom. The molecule has 0 radical (unpaired) electrons. The van der Waals surface area contributed by atoms with E-state index in [4.69, 9.17) is 0 Å². The SMILES string of the molecule is CC(=O)NN1NC(S)=CS1. The first kappa shape index (κ1) is 7.77. The third-order valence-electron chi connectivity index (χ3n) is 0.745. The van der Waals surface area contributed by atoms with Crippen LogP contribution in [0.3, 0.4) is 0 Å². The lowest BCUT2D eigenvalue weighted by molar-refractivity contribution is -0.122. The predicted molar refractivity (Wildman–Crippen MR) is 43.5 cm³/mol. The van der Waals surface area contributed by atoms with Gasteiger partial charge in [0.1, 0.15) is 0 Å². The molecule has 0 aromatic rings. The summed E-state index contributed by atoms with van der Waals surface area (Å²) in [6, 6.07) is 0. The summed E-state index contributed by atoms with van der Waals surface area (Å²) in [4.78, 5) is 10.5. The molecule has 1 heterocycles. The van der Waals surface area contributed by atoms with E-state index in [-0.39, 0.29) is 5.91 Å². The van der Waals surface area contributed by atoms with Crippen molar-refractivity contribution in [3.63, 3.8) is 0 Å². The van der Waals surface area contributed by atoms with Crippen molar-refractivity contribution in [2.24, 2.45) is 0 Å². The molecule has 2 N–H and O–H groups in total. The Labute approximate surface area is 68.5 Å². The Morgan fingerprint density at radius 3 is 3.10 bits per heavy atom. The zero-order valence-corrected chi connectivity index (χ0v) is 7.00. The second-order valence-corrected chi connectivity index (χ2v) is 2.98.